The van der Waals surface area contributed by atoms with Crippen LogP contribution in [0.1, 0.15) is 12.8 Å². The molecule has 1 aromatic rings. The van der Waals surface area contributed by atoms with E-state index in [0.717, 1.165) is 0 Å². The quantitative estimate of drug-likeness (QED) is 0.507. The highest BCUT2D eigenvalue weighted by Gasteiger charge is 2.14. The summed E-state index contributed by atoms with van der Waals surface area (Å²) < 4.78 is 4.78. The van der Waals surface area contributed by atoms with E-state index in [0.29, 0.717) is 18.3 Å². The average Bonchev–Trinajstić information content (AvgIpc) is 2.29. The lowest BCUT2D eigenvalue weighted by atomic mass is 10.1. The van der Waals surface area contributed by atoms with Crippen LogP contribution in [0.25, 0.3) is 11.8 Å². The first-order chi connectivity index (χ1) is 5.70. The van der Waals surface area contributed by atoms with E-state index < -0.39 is 5.95 Å². The maximum atomic E-state index is 9.32. The van der Waals surface area contributed by atoms with Crippen molar-refractivity contribution in [2.24, 2.45) is 0 Å². The summed E-state index contributed by atoms with van der Waals surface area (Å²) in [6, 6.07) is 0. The standard InChI is InChI=1S/C8H8O4/c9-4-2-1-3-5-6(4)7(10)8(11)12-5/h3,9-11H,1-2H2. The third-order valence-electron chi connectivity index (χ3n) is 1.89. The van der Waals surface area contributed by atoms with Gasteiger partial charge in [-0.25, -0.2) is 0 Å². The monoisotopic (exact) mass is 168 g/mol. The minimum Gasteiger partial charge on any atom is -0.511 e. The minimum atomic E-state index is -0.537. The summed E-state index contributed by atoms with van der Waals surface area (Å²) in [4.78, 5) is 0. The Kier molecular flexibility index (Phi) is 1.30. The summed E-state index contributed by atoms with van der Waals surface area (Å²) in [5.74, 6) is -0.850. The van der Waals surface area contributed by atoms with Crippen molar-refractivity contribution in [1.29, 1.82) is 0 Å². The SMILES string of the molecule is OC1=c2c(O)c(O)oc2=CCC1. The number of aromatic hydroxyl groups is 2. The van der Waals surface area contributed by atoms with Gasteiger partial charge in [-0.1, -0.05) is 0 Å². The maximum Gasteiger partial charge on any atom is 0.327 e. The average molecular weight is 168 g/mol. The molecule has 12 heavy (non-hydrogen) atoms. The zero-order chi connectivity index (χ0) is 8.72. The number of aliphatic hydroxyl groups is 1. The van der Waals surface area contributed by atoms with Gasteiger partial charge in [-0.05, 0) is 12.5 Å². The van der Waals surface area contributed by atoms with Gasteiger partial charge in [0.25, 0.3) is 0 Å². The van der Waals surface area contributed by atoms with Crippen LogP contribution in [-0.4, -0.2) is 15.3 Å². The summed E-state index contributed by atoms with van der Waals surface area (Å²) in [6.45, 7) is 0. The number of hydrogen-bond donors (Lipinski definition) is 3. The second kappa shape index (κ2) is 2.20. The predicted molar refractivity (Wildman–Crippen MR) is 41.0 cm³/mol. The Labute approximate surface area is 67.7 Å². The zero-order valence-corrected chi connectivity index (χ0v) is 6.24. The van der Waals surface area contributed by atoms with Gasteiger partial charge in [0.2, 0.25) is 5.75 Å². The molecule has 1 aromatic heterocycles. The highest BCUT2D eigenvalue weighted by atomic mass is 16.5. The summed E-state index contributed by atoms with van der Waals surface area (Å²) in [6.07, 6.45) is 2.85. The lowest BCUT2D eigenvalue weighted by molar-refractivity contribution is 0.299. The third-order valence-corrected chi connectivity index (χ3v) is 1.89. The van der Waals surface area contributed by atoms with E-state index >= 15 is 0 Å². The van der Waals surface area contributed by atoms with Crippen molar-refractivity contribution in [3.63, 3.8) is 0 Å². The van der Waals surface area contributed by atoms with Crippen molar-refractivity contribution >= 4 is 11.8 Å². The second-order valence-electron chi connectivity index (χ2n) is 2.68. The lowest BCUT2D eigenvalue weighted by Crippen LogP contribution is -2.25. The lowest BCUT2D eigenvalue weighted by Gasteiger charge is -1.98. The molecule has 0 saturated heterocycles. The normalized spacial score (nSPS) is 15.5. The first-order valence-corrected chi connectivity index (χ1v) is 3.63. The van der Waals surface area contributed by atoms with Gasteiger partial charge in [-0.15, -0.1) is 0 Å². The molecule has 0 unspecified atom stereocenters. The van der Waals surface area contributed by atoms with Crippen molar-refractivity contribution in [2.45, 2.75) is 12.8 Å². The van der Waals surface area contributed by atoms with Gasteiger partial charge in [-0.2, -0.15) is 0 Å². The van der Waals surface area contributed by atoms with Crippen molar-refractivity contribution in [3.8, 4) is 11.7 Å². The van der Waals surface area contributed by atoms with Crippen LogP contribution >= 0.6 is 0 Å². The fraction of sp³-hybridized carbons (Fsp3) is 0.250. The molecule has 0 fully saturated rings. The molecule has 3 N–H and O–H groups in total. The Hall–Kier alpha value is -1.58. The van der Waals surface area contributed by atoms with E-state index in [1.807, 2.05) is 0 Å². The van der Waals surface area contributed by atoms with Crippen LogP contribution in [0.3, 0.4) is 0 Å². The summed E-state index contributed by atoms with van der Waals surface area (Å²) in [5.41, 5.74) is 0.341. The van der Waals surface area contributed by atoms with Crippen LogP contribution in [0, 0.1) is 0 Å². The molecule has 0 spiro atoms. The molecule has 1 aliphatic carbocycles. The summed E-state index contributed by atoms with van der Waals surface area (Å²) in [7, 11) is 0. The van der Waals surface area contributed by atoms with Gasteiger partial charge >= 0.3 is 5.95 Å². The number of fused-ring (bicyclic) bond motifs is 1. The van der Waals surface area contributed by atoms with E-state index in [4.69, 9.17) is 9.52 Å². The molecule has 0 aliphatic heterocycles. The predicted octanol–water partition coefficient (Wildman–Crippen LogP) is -0.0687. The summed E-state index contributed by atoms with van der Waals surface area (Å²) >= 11 is 0. The van der Waals surface area contributed by atoms with E-state index in [-0.39, 0.29) is 16.7 Å². The molecule has 0 saturated carbocycles. The highest BCUT2D eigenvalue weighted by Crippen LogP contribution is 2.19. The minimum absolute atomic E-state index is 0.0639. The number of aliphatic hydroxyl groups excluding tert-OH is 1. The van der Waals surface area contributed by atoms with Gasteiger partial charge in [-0.3, -0.25) is 0 Å². The van der Waals surface area contributed by atoms with Gasteiger partial charge < -0.3 is 19.7 Å². The van der Waals surface area contributed by atoms with Crippen molar-refractivity contribution in [1.82, 2.24) is 0 Å². The molecule has 0 aromatic carbocycles. The molecule has 0 radical (unpaired) electrons. The fourth-order valence-corrected chi connectivity index (χ4v) is 1.31. The van der Waals surface area contributed by atoms with E-state index in [2.05, 4.69) is 0 Å². The topological polar surface area (TPSA) is 73.8 Å². The van der Waals surface area contributed by atoms with Crippen LogP contribution in [-0.2, 0) is 0 Å². The van der Waals surface area contributed by atoms with Gasteiger partial charge in [0.05, 0.1) is 0 Å². The van der Waals surface area contributed by atoms with Crippen LogP contribution in [0.4, 0.5) is 0 Å². The molecule has 0 amide bonds. The van der Waals surface area contributed by atoms with Crippen molar-refractivity contribution in [2.75, 3.05) is 0 Å². The van der Waals surface area contributed by atoms with Crippen LogP contribution in [0.15, 0.2) is 4.42 Å². The van der Waals surface area contributed by atoms with E-state index in [9.17, 15) is 10.2 Å². The molecule has 4 heteroatoms. The molecule has 0 atom stereocenters. The number of rotatable bonds is 0. The molecule has 1 aliphatic rings. The first-order valence-electron chi connectivity index (χ1n) is 3.63. The number of furan rings is 1. The molecule has 2 rings (SSSR count). The highest BCUT2D eigenvalue weighted by molar-refractivity contribution is 5.49. The largest absolute Gasteiger partial charge is 0.511 e. The van der Waals surface area contributed by atoms with E-state index in [1.165, 1.54) is 0 Å². The Balaban J connectivity index is 2.96. The molecule has 1 heterocycles. The Morgan fingerprint density at radius 1 is 1.25 bits per heavy atom. The number of hydrogen-bond acceptors (Lipinski definition) is 4. The fourth-order valence-electron chi connectivity index (χ4n) is 1.31. The molecular formula is C8H8O4. The van der Waals surface area contributed by atoms with Crippen LogP contribution in [0.5, 0.6) is 11.7 Å². The smallest absolute Gasteiger partial charge is 0.327 e. The van der Waals surface area contributed by atoms with Crippen LogP contribution < -0.4 is 10.6 Å². The Morgan fingerprint density at radius 2 is 2.00 bits per heavy atom. The molecule has 4 nitrogen and oxygen atoms in total. The van der Waals surface area contributed by atoms with Crippen LogP contribution in [0.2, 0.25) is 0 Å². The van der Waals surface area contributed by atoms with Gasteiger partial charge in [0, 0.05) is 6.42 Å². The molecule has 0 bridgehead atoms. The Bertz CT molecular complexity index is 427. The molecule has 64 valence electrons. The van der Waals surface area contributed by atoms with Crippen molar-refractivity contribution < 1.29 is 19.7 Å². The first kappa shape index (κ1) is 7.09. The maximum absolute atomic E-state index is 9.32. The molecular weight excluding hydrogens is 160 g/mol. The van der Waals surface area contributed by atoms with E-state index in [1.54, 1.807) is 6.08 Å². The Morgan fingerprint density at radius 3 is 2.67 bits per heavy atom. The zero-order valence-electron chi connectivity index (χ0n) is 6.24. The third kappa shape index (κ3) is 0.777. The second-order valence-corrected chi connectivity index (χ2v) is 2.68. The van der Waals surface area contributed by atoms with Gasteiger partial charge in [0.15, 0.2) is 0 Å². The van der Waals surface area contributed by atoms with Gasteiger partial charge in [0.1, 0.15) is 16.4 Å². The summed E-state index contributed by atoms with van der Waals surface area (Å²) in [5, 5.41) is 27.7. The van der Waals surface area contributed by atoms with Crippen molar-refractivity contribution in [3.05, 3.63) is 10.6 Å².